The van der Waals surface area contributed by atoms with E-state index in [1.165, 1.54) is 11.3 Å². The van der Waals surface area contributed by atoms with Crippen LogP contribution in [0.25, 0.3) is 0 Å². The van der Waals surface area contributed by atoms with Crippen molar-refractivity contribution in [1.82, 2.24) is 4.90 Å². The fraction of sp³-hybridized carbons (Fsp3) is 0.500. The Bertz CT molecular complexity index is 364. The van der Waals surface area contributed by atoms with E-state index in [1.54, 1.807) is 0 Å². The number of nitriles is 1. The number of thiophene rings is 1. The third-order valence-electron chi connectivity index (χ3n) is 2.11. The summed E-state index contributed by atoms with van der Waals surface area (Å²) in [7, 11) is 6.09. The van der Waals surface area contributed by atoms with Crippen LogP contribution in [0.4, 0.5) is 10.7 Å². The van der Waals surface area contributed by atoms with Gasteiger partial charge in [0.05, 0.1) is 10.7 Å². The van der Waals surface area contributed by atoms with Crippen LogP contribution in [-0.2, 0) is 0 Å². The molecule has 0 spiro atoms. The first-order chi connectivity index (χ1) is 7.04. The Morgan fingerprint density at radius 3 is 2.53 bits per heavy atom. The summed E-state index contributed by atoms with van der Waals surface area (Å²) in [5.41, 5.74) is 6.27. The van der Waals surface area contributed by atoms with E-state index in [2.05, 4.69) is 15.9 Å². The molecule has 1 heterocycles. The maximum Gasteiger partial charge on any atom is 0.129 e. The molecular weight excluding hydrogens is 208 g/mol. The molecule has 0 saturated carbocycles. The molecule has 0 radical (unpaired) electrons. The Balaban J connectivity index is 2.66. The van der Waals surface area contributed by atoms with Crippen LogP contribution in [0.1, 0.15) is 4.88 Å². The number of nitrogens with two attached hydrogens (primary N) is 1. The van der Waals surface area contributed by atoms with Crippen molar-refractivity contribution >= 4 is 22.0 Å². The van der Waals surface area contributed by atoms with Crippen molar-refractivity contribution in [3.63, 3.8) is 0 Å². The van der Waals surface area contributed by atoms with Crippen LogP contribution in [0, 0.1) is 11.3 Å². The second-order valence-corrected chi connectivity index (χ2v) is 4.74. The highest BCUT2D eigenvalue weighted by Crippen LogP contribution is 2.30. The van der Waals surface area contributed by atoms with Gasteiger partial charge in [-0.2, -0.15) is 5.26 Å². The molecule has 1 aromatic rings. The van der Waals surface area contributed by atoms with Gasteiger partial charge in [-0.05, 0) is 20.2 Å². The van der Waals surface area contributed by atoms with E-state index in [0.29, 0.717) is 10.6 Å². The van der Waals surface area contributed by atoms with Crippen LogP contribution >= 0.6 is 11.3 Å². The molecule has 0 saturated heterocycles. The van der Waals surface area contributed by atoms with E-state index in [0.717, 1.165) is 18.1 Å². The highest BCUT2D eigenvalue weighted by atomic mass is 32.1. The van der Waals surface area contributed by atoms with Crippen LogP contribution < -0.4 is 10.6 Å². The van der Waals surface area contributed by atoms with Gasteiger partial charge >= 0.3 is 0 Å². The zero-order valence-electron chi connectivity index (χ0n) is 9.32. The Kier molecular flexibility index (Phi) is 3.95. The molecule has 1 aromatic heterocycles. The van der Waals surface area contributed by atoms with E-state index < -0.39 is 0 Å². The van der Waals surface area contributed by atoms with Crippen molar-refractivity contribution in [3.8, 4) is 6.07 Å². The molecule has 0 aliphatic rings. The first-order valence-corrected chi connectivity index (χ1v) is 5.51. The first-order valence-electron chi connectivity index (χ1n) is 4.70. The van der Waals surface area contributed by atoms with Gasteiger partial charge in [0.1, 0.15) is 10.9 Å². The van der Waals surface area contributed by atoms with Gasteiger partial charge in [-0.1, -0.05) is 0 Å². The van der Waals surface area contributed by atoms with E-state index >= 15 is 0 Å². The molecule has 1 rings (SSSR count). The standard InChI is InChI=1S/C10H16N4S/c1-13(2)4-5-14(3)10-6-8(12)9(7-11)15-10/h6H,4-5,12H2,1-3H3. The van der Waals surface area contributed by atoms with Gasteiger partial charge in [0.2, 0.25) is 0 Å². The summed E-state index contributed by atoms with van der Waals surface area (Å²) in [5, 5.41) is 9.83. The SMILES string of the molecule is CN(C)CCN(C)c1cc(N)c(C#N)s1. The molecule has 5 heteroatoms. The second-order valence-electron chi connectivity index (χ2n) is 3.71. The number of likely N-dealkylation sites (N-methyl/N-ethyl adjacent to an activating group) is 2. The second kappa shape index (κ2) is 5.01. The Hall–Kier alpha value is -1.25. The molecule has 2 N–H and O–H groups in total. The van der Waals surface area contributed by atoms with Crippen molar-refractivity contribution in [2.75, 3.05) is 44.9 Å². The van der Waals surface area contributed by atoms with Crippen molar-refractivity contribution in [1.29, 1.82) is 5.26 Å². The maximum atomic E-state index is 8.79. The fourth-order valence-electron chi connectivity index (χ4n) is 1.13. The summed E-state index contributed by atoms with van der Waals surface area (Å²) in [6.07, 6.45) is 0. The average Bonchev–Trinajstić information content (AvgIpc) is 2.56. The van der Waals surface area contributed by atoms with Gasteiger partial charge in [-0.25, -0.2) is 0 Å². The summed E-state index contributed by atoms with van der Waals surface area (Å²) in [4.78, 5) is 4.84. The Morgan fingerprint density at radius 1 is 1.40 bits per heavy atom. The van der Waals surface area contributed by atoms with Crippen molar-refractivity contribution in [2.45, 2.75) is 0 Å². The number of anilines is 2. The monoisotopic (exact) mass is 224 g/mol. The van der Waals surface area contributed by atoms with Crippen LogP contribution in [0.5, 0.6) is 0 Å². The van der Waals surface area contributed by atoms with Crippen LogP contribution in [0.2, 0.25) is 0 Å². The maximum absolute atomic E-state index is 8.79. The zero-order valence-corrected chi connectivity index (χ0v) is 10.1. The summed E-state index contributed by atoms with van der Waals surface area (Å²) >= 11 is 1.44. The lowest BCUT2D eigenvalue weighted by atomic mass is 10.4. The van der Waals surface area contributed by atoms with Gasteiger partial charge < -0.3 is 15.5 Å². The molecule has 0 aliphatic carbocycles. The number of hydrogen-bond donors (Lipinski definition) is 1. The molecule has 15 heavy (non-hydrogen) atoms. The molecule has 0 unspecified atom stereocenters. The lowest BCUT2D eigenvalue weighted by Gasteiger charge is -2.19. The first kappa shape index (κ1) is 11.8. The van der Waals surface area contributed by atoms with Crippen molar-refractivity contribution in [2.24, 2.45) is 0 Å². The number of rotatable bonds is 4. The van der Waals surface area contributed by atoms with Crippen LogP contribution in [0.15, 0.2) is 6.07 Å². The lowest BCUT2D eigenvalue weighted by molar-refractivity contribution is 0.417. The molecule has 0 fully saturated rings. The van der Waals surface area contributed by atoms with Gasteiger partial charge in [0.25, 0.3) is 0 Å². The van der Waals surface area contributed by atoms with Gasteiger partial charge in [-0.3, -0.25) is 0 Å². The fourth-order valence-corrected chi connectivity index (χ4v) is 1.99. The van der Waals surface area contributed by atoms with Crippen molar-refractivity contribution in [3.05, 3.63) is 10.9 Å². The smallest absolute Gasteiger partial charge is 0.129 e. The topological polar surface area (TPSA) is 56.3 Å². The van der Waals surface area contributed by atoms with E-state index in [4.69, 9.17) is 11.0 Å². The molecule has 0 atom stereocenters. The highest BCUT2D eigenvalue weighted by molar-refractivity contribution is 7.17. The quantitative estimate of drug-likeness (QED) is 0.835. The normalized spacial score (nSPS) is 10.3. The molecule has 0 aliphatic heterocycles. The summed E-state index contributed by atoms with van der Waals surface area (Å²) in [6, 6.07) is 3.95. The minimum Gasteiger partial charge on any atom is -0.397 e. The third-order valence-corrected chi connectivity index (χ3v) is 3.28. The zero-order chi connectivity index (χ0) is 11.4. The van der Waals surface area contributed by atoms with Crippen LogP contribution in [0.3, 0.4) is 0 Å². The van der Waals surface area contributed by atoms with Crippen LogP contribution in [-0.4, -0.2) is 39.1 Å². The predicted octanol–water partition coefficient (Wildman–Crippen LogP) is 1.20. The van der Waals surface area contributed by atoms with Gasteiger partial charge in [0, 0.05) is 20.1 Å². The number of hydrogen-bond acceptors (Lipinski definition) is 5. The molecule has 82 valence electrons. The average molecular weight is 224 g/mol. The van der Waals surface area contributed by atoms with Gasteiger partial charge in [0.15, 0.2) is 0 Å². The lowest BCUT2D eigenvalue weighted by Crippen LogP contribution is -2.27. The minimum absolute atomic E-state index is 0.578. The Morgan fingerprint density at radius 2 is 2.07 bits per heavy atom. The summed E-state index contributed by atoms with van der Waals surface area (Å²) in [5.74, 6) is 0. The summed E-state index contributed by atoms with van der Waals surface area (Å²) in [6.45, 7) is 1.91. The number of nitrogen functional groups attached to an aromatic ring is 1. The van der Waals surface area contributed by atoms with Gasteiger partial charge in [-0.15, -0.1) is 11.3 Å². The molecule has 0 amide bonds. The number of nitrogens with zero attached hydrogens (tertiary/aromatic N) is 3. The molecule has 0 aromatic carbocycles. The van der Waals surface area contributed by atoms with E-state index in [1.807, 2.05) is 27.2 Å². The highest BCUT2D eigenvalue weighted by Gasteiger charge is 2.09. The predicted molar refractivity (Wildman–Crippen MR) is 65.3 cm³/mol. The largest absolute Gasteiger partial charge is 0.397 e. The summed E-state index contributed by atoms with van der Waals surface area (Å²) < 4.78 is 0. The van der Waals surface area contributed by atoms with Crippen molar-refractivity contribution < 1.29 is 0 Å². The molecule has 0 bridgehead atoms. The Labute approximate surface area is 94.5 Å². The van der Waals surface area contributed by atoms with E-state index in [-0.39, 0.29) is 0 Å². The molecular formula is C10H16N4S. The van der Waals surface area contributed by atoms with E-state index in [9.17, 15) is 0 Å². The third kappa shape index (κ3) is 3.11. The molecule has 4 nitrogen and oxygen atoms in total. The minimum atomic E-state index is 0.578.